The van der Waals surface area contributed by atoms with Crippen molar-refractivity contribution in [1.29, 1.82) is 0 Å². The van der Waals surface area contributed by atoms with Crippen LogP contribution in [0.1, 0.15) is 68.1 Å². The quantitative estimate of drug-likeness (QED) is 0.153. The number of benzene rings is 3. The van der Waals surface area contributed by atoms with Crippen LogP contribution >= 0.6 is 11.3 Å². The van der Waals surface area contributed by atoms with E-state index in [2.05, 4.69) is 64.4 Å². The van der Waals surface area contributed by atoms with Crippen LogP contribution in [0.4, 0.5) is 0 Å². The van der Waals surface area contributed by atoms with Crippen LogP contribution in [-0.2, 0) is 0 Å². The van der Waals surface area contributed by atoms with E-state index in [0.717, 1.165) is 70.8 Å². The topological polar surface area (TPSA) is 51.2 Å². The van der Waals surface area contributed by atoms with Crippen LogP contribution in [0.15, 0.2) is 60.7 Å². The third-order valence-electron chi connectivity index (χ3n) is 10.1. The van der Waals surface area contributed by atoms with Crippen LogP contribution in [0.25, 0.3) is 31.7 Å². The van der Waals surface area contributed by atoms with Crippen LogP contribution in [-0.4, -0.2) is 74.7 Å². The van der Waals surface area contributed by atoms with Crippen LogP contribution in [0.3, 0.4) is 0 Å². The summed E-state index contributed by atoms with van der Waals surface area (Å²) < 4.78 is 20.1. The fraction of sp³-hybridized carbons (Fsp3) is 0.462. The monoisotopic (exact) mass is 638 g/mol. The summed E-state index contributed by atoms with van der Waals surface area (Å²) in [4.78, 5) is 19.0. The van der Waals surface area contributed by atoms with E-state index in [1.54, 1.807) is 18.4 Å². The van der Waals surface area contributed by atoms with Gasteiger partial charge < -0.3 is 14.2 Å². The molecule has 3 aromatic carbocycles. The Morgan fingerprint density at radius 3 is 2.39 bits per heavy atom. The minimum absolute atomic E-state index is 0.128. The van der Waals surface area contributed by atoms with Crippen LogP contribution in [0.2, 0.25) is 0 Å². The highest BCUT2D eigenvalue weighted by Gasteiger charge is 2.33. The van der Waals surface area contributed by atoms with Crippen LogP contribution in [0.5, 0.6) is 17.2 Å². The standard InChI is InChI=1S/C39H46N2O4S/c1-43-36-26-30(45-35-13-5-4-12-34(35)41-21-7-2-8-22-41)25-32(33(36)27-42)38-31-11-3-6-14-37(31)46-39(38)28-15-17-29(18-16-28)44-24-23-40-19-9-10-20-40/h3,6,11,14-18,25-27,34-35H,2,4-5,7-10,12-13,19-24H2,1H3. The van der Waals surface area contributed by atoms with E-state index in [1.807, 2.05) is 6.07 Å². The maximum absolute atomic E-state index is 12.7. The highest BCUT2D eigenvalue weighted by Crippen LogP contribution is 2.48. The van der Waals surface area contributed by atoms with Crippen molar-refractivity contribution in [3.8, 4) is 38.8 Å². The Bertz CT molecular complexity index is 1620. The molecule has 7 heteroatoms. The highest BCUT2D eigenvalue weighted by molar-refractivity contribution is 7.23. The summed E-state index contributed by atoms with van der Waals surface area (Å²) in [5.41, 5.74) is 3.55. The number of methoxy groups -OCH3 is 1. The van der Waals surface area contributed by atoms with Gasteiger partial charge in [0, 0.05) is 44.7 Å². The molecule has 0 amide bonds. The number of ether oxygens (including phenoxy) is 3. The second kappa shape index (κ2) is 14.6. The zero-order chi connectivity index (χ0) is 31.3. The molecule has 0 N–H and O–H groups in total. The molecular formula is C39H46N2O4S. The average molecular weight is 639 g/mol. The fourth-order valence-corrected chi connectivity index (χ4v) is 8.96. The highest BCUT2D eigenvalue weighted by atomic mass is 32.1. The third kappa shape index (κ3) is 6.69. The lowest BCUT2D eigenvalue weighted by Gasteiger charge is -2.41. The van der Waals surface area contributed by atoms with Crippen molar-refractivity contribution in [3.63, 3.8) is 0 Å². The summed E-state index contributed by atoms with van der Waals surface area (Å²) in [5, 5.41) is 1.12. The number of fused-ring (bicyclic) bond motifs is 1. The first-order valence-electron chi connectivity index (χ1n) is 17.3. The Morgan fingerprint density at radius 1 is 0.848 bits per heavy atom. The number of aldehydes is 1. The Labute approximate surface area is 277 Å². The van der Waals surface area contributed by atoms with Crippen LogP contribution in [0, 0.1) is 0 Å². The van der Waals surface area contributed by atoms with E-state index in [4.69, 9.17) is 14.2 Å². The van der Waals surface area contributed by atoms with Crippen LogP contribution < -0.4 is 14.2 Å². The van der Waals surface area contributed by atoms with Crippen molar-refractivity contribution in [3.05, 3.63) is 66.2 Å². The second-order valence-corrected chi connectivity index (χ2v) is 14.1. The molecule has 1 saturated carbocycles. The van der Waals surface area contributed by atoms with Gasteiger partial charge in [-0.25, -0.2) is 0 Å². The first-order valence-corrected chi connectivity index (χ1v) is 18.1. The molecule has 7 rings (SSSR count). The van der Waals surface area contributed by atoms with E-state index in [0.29, 0.717) is 24.0 Å². The van der Waals surface area contributed by atoms with Gasteiger partial charge in [-0.15, -0.1) is 11.3 Å². The number of likely N-dealkylation sites (tertiary alicyclic amines) is 2. The first kappa shape index (κ1) is 31.2. The normalized spacial score (nSPS) is 21.0. The minimum Gasteiger partial charge on any atom is -0.496 e. The molecule has 2 atom stereocenters. The zero-order valence-electron chi connectivity index (χ0n) is 27.0. The van der Waals surface area contributed by atoms with Gasteiger partial charge in [-0.1, -0.05) is 31.0 Å². The van der Waals surface area contributed by atoms with E-state index in [-0.39, 0.29) is 6.10 Å². The summed E-state index contributed by atoms with van der Waals surface area (Å²) in [7, 11) is 1.64. The molecule has 0 bridgehead atoms. The number of nitrogens with zero attached hydrogens (tertiary/aromatic N) is 2. The molecule has 1 aromatic heterocycles. The van der Waals surface area contributed by atoms with Gasteiger partial charge in [0.2, 0.25) is 0 Å². The molecule has 242 valence electrons. The van der Waals surface area contributed by atoms with Gasteiger partial charge in [-0.05, 0) is 113 Å². The maximum Gasteiger partial charge on any atom is 0.154 e. The molecule has 0 radical (unpaired) electrons. The fourth-order valence-electron chi connectivity index (χ4n) is 7.74. The van der Waals surface area contributed by atoms with Crippen molar-refractivity contribution >= 4 is 27.7 Å². The number of hydrogen-bond acceptors (Lipinski definition) is 7. The summed E-state index contributed by atoms with van der Waals surface area (Å²) in [5.74, 6) is 2.21. The molecule has 0 spiro atoms. The summed E-state index contributed by atoms with van der Waals surface area (Å²) >= 11 is 1.75. The first-order chi connectivity index (χ1) is 22.7. The van der Waals surface area contributed by atoms with Crippen molar-refractivity contribution in [2.45, 2.75) is 69.9 Å². The predicted octanol–water partition coefficient (Wildman–Crippen LogP) is 8.71. The molecule has 4 aromatic rings. The van der Waals surface area contributed by atoms with E-state index >= 15 is 0 Å². The molecule has 2 saturated heterocycles. The molecule has 2 unspecified atom stereocenters. The largest absolute Gasteiger partial charge is 0.496 e. The summed E-state index contributed by atoms with van der Waals surface area (Å²) in [6, 6.07) is 21.3. The van der Waals surface area contributed by atoms with Crippen molar-refractivity contribution in [2.24, 2.45) is 0 Å². The molecular weight excluding hydrogens is 593 g/mol. The number of hydrogen-bond donors (Lipinski definition) is 0. The Morgan fingerprint density at radius 2 is 1.61 bits per heavy atom. The molecule has 2 aliphatic heterocycles. The Kier molecular flexibility index (Phi) is 9.89. The molecule has 46 heavy (non-hydrogen) atoms. The van der Waals surface area contributed by atoms with Crippen molar-refractivity contribution in [1.82, 2.24) is 9.80 Å². The molecule has 1 aliphatic carbocycles. The summed E-state index contributed by atoms with van der Waals surface area (Å²) in [6.07, 6.45) is 12.2. The number of carbonyl (C=O) groups is 1. The number of rotatable bonds is 11. The molecule has 6 nitrogen and oxygen atoms in total. The van der Waals surface area contributed by atoms with Crippen molar-refractivity contribution < 1.29 is 19.0 Å². The van der Waals surface area contributed by atoms with Gasteiger partial charge in [0.15, 0.2) is 6.29 Å². The zero-order valence-corrected chi connectivity index (χ0v) is 27.9. The maximum atomic E-state index is 12.7. The van der Waals surface area contributed by atoms with Gasteiger partial charge in [0.05, 0.1) is 12.7 Å². The lowest BCUT2D eigenvalue weighted by Crippen LogP contribution is -2.49. The average Bonchev–Trinajstić information content (AvgIpc) is 3.77. The molecule has 3 fully saturated rings. The second-order valence-electron chi connectivity index (χ2n) is 13.0. The lowest BCUT2D eigenvalue weighted by atomic mass is 9.89. The van der Waals surface area contributed by atoms with E-state index in [1.165, 1.54) is 69.2 Å². The lowest BCUT2D eigenvalue weighted by molar-refractivity contribution is 0.0261. The van der Waals surface area contributed by atoms with Crippen molar-refractivity contribution in [2.75, 3.05) is 46.4 Å². The summed E-state index contributed by atoms with van der Waals surface area (Å²) in [6.45, 7) is 6.34. The predicted molar refractivity (Wildman–Crippen MR) is 188 cm³/mol. The van der Waals surface area contributed by atoms with Gasteiger partial charge in [0.25, 0.3) is 0 Å². The Hall–Kier alpha value is -3.39. The smallest absolute Gasteiger partial charge is 0.154 e. The number of piperidine rings is 1. The number of thiophene rings is 1. The van der Waals surface area contributed by atoms with Gasteiger partial charge in [0.1, 0.15) is 30.0 Å². The molecule has 3 heterocycles. The minimum atomic E-state index is 0.128. The Balaban J connectivity index is 1.23. The SMILES string of the molecule is COc1cc(OC2CCCCC2N2CCCCC2)cc(-c2c(-c3ccc(OCCN4CCCC4)cc3)sc3ccccc23)c1C=O. The molecule has 3 aliphatic rings. The van der Waals surface area contributed by atoms with E-state index < -0.39 is 0 Å². The van der Waals surface area contributed by atoms with Gasteiger partial charge in [-0.3, -0.25) is 14.6 Å². The van der Waals surface area contributed by atoms with Gasteiger partial charge >= 0.3 is 0 Å². The number of carbonyl (C=O) groups excluding carboxylic acids is 1. The van der Waals surface area contributed by atoms with Gasteiger partial charge in [-0.2, -0.15) is 0 Å². The van der Waals surface area contributed by atoms with E-state index in [9.17, 15) is 4.79 Å². The third-order valence-corrected chi connectivity index (χ3v) is 11.3.